The number of halogens is 1. The summed E-state index contributed by atoms with van der Waals surface area (Å²) in [6.45, 7) is 2.93. The molecule has 3 rings (SSSR count). The molecule has 3 aromatic rings. The Labute approximate surface area is 161 Å². The number of furan rings is 1. The lowest BCUT2D eigenvalue weighted by molar-refractivity contribution is -0.134. The number of nitrogens with zero attached hydrogens (tertiary/aromatic N) is 1. The van der Waals surface area contributed by atoms with Gasteiger partial charge < -0.3 is 14.1 Å². The smallest absolute Gasteiger partial charge is 0.261 e. The summed E-state index contributed by atoms with van der Waals surface area (Å²) >= 11 is 3.38. The topological polar surface area (TPSA) is 42.7 Å². The van der Waals surface area contributed by atoms with Crippen LogP contribution < -0.4 is 4.74 Å². The second-order valence-electron chi connectivity index (χ2n) is 6.06. The number of hydrogen-bond acceptors (Lipinski definition) is 3. The highest BCUT2D eigenvalue weighted by molar-refractivity contribution is 9.10. The van der Waals surface area contributed by atoms with E-state index in [4.69, 9.17) is 9.15 Å². The van der Waals surface area contributed by atoms with Gasteiger partial charge in [-0.2, -0.15) is 0 Å². The van der Waals surface area contributed by atoms with Gasteiger partial charge in [-0.3, -0.25) is 4.79 Å². The van der Waals surface area contributed by atoms with Gasteiger partial charge >= 0.3 is 0 Å². The molecule has 0 aliphatic carbocycles. The molecule has 1 aromatic heterocycles. The summed E-state index contributed by atoms with van der Waals surface area (Å²) in [5.41, 5.74) is 2.26. The average molecular weight is 414 g/mol. The Bertz CT molecular complexity index is 827. The van der Waals surface area contributed by atoms with E-state index < -0.39 is 0 Å². The van der Waals surface area contributed by atoms with E-state index in [1.807, 2.05) is 67.6 Å². The first kappa shape index (κ1) is 18.3. The number of aryl methyl sites for hydroxylation is 1. The number of amides is 1. The van der Waals surface area contributed by atoms with E-state index in [-0.39, 0.29) is 12.5 Å². The van der Waals surface area contributed by atoms with Crippen molar-refractivity contribution < 1.29 is 13.9 Å². The minimum Gasteiger partial charge on any atom is -0.484 e. The molecule has 2 aromatic carbocycles. The minimum absolute atomic E-state index is 0.0196. The predicted octanol–water partition coefficient (Wildman–Crippen LogP) is 4.96. The highest BCUT2D eigenvalue weighted by Crippen LogP contribution is 2.17. The highest BCUT2D eigenvalue weighted by atomic mass is 79.9. The van der Waals surface area contributed by atoms with Crippen molar-refractivity contribution in [2.24, 2.45) is 0 Å². The van der Waals surface area contributed by atoms with Gasteiger partial charge in [0.25, 0.3) is 5.91 Å². The molecule has 0 spiro atoms. The number of carbonyl (C=O) groups is 1. The fraction of sp³-hybridized carbons (Fsp3) is 0.190. The lowest BCUT2D eigenvalue weighted by atomic mass is 10.1. The number of hydrogen-bond donors (Lipinski definition) is 0. The minimum atomic E-state index is -0.0927. The van der Waals surface area contributed by atoms with Crippen molar-refractivity contribution in [2.45, 2.75) is 20.0 Å². The van der Waals surface area contributed by atoms with Crippen molar-refractivity contribution >= 4 is 21.8 Å². The van der Waals surface area contributed by atoms with Crippen molar-refractivity contribution in [3.8, 4) is 5.75 Å². The van der Waals surface area contributed by atoms with Crippen LogP contribution in [0.4, 0.5) is 0 Å². The zero-order valence-corrected chi connectivity index (χ0v) is 16.1. The van der Waals surface area contributed by atoms with Gasteiger partial charge in [0.2, 0.25) is 0 Å². The number of benzene rings is 2. The van der Waals surface area contributed by atoms with Crippen LogP contribution in [0.15, 0.2) is 75.8 Å². The zero-order chi connectivity index (χ0) is 18.4. The van der Waals surface area contributed by atoms with Crippen LogP contribution in [-0.2, 0) is 17.9 Å². The first-order chi connectivity index (χ1) is 12.6. The summed E-state index contributed by atoms with van der Waals surface area (Å²) in [5.74, 6) is 1.31. The van der Waals surface area contributed by atoms with E-state index in [1.54, 1.807) is 11.2 Å². The molecular formula is C21H20BrNO3. The normalized spacial score (nSPS) is 10.5. The maximum atomic E-state index is 12.7. The van der Waals surface area contributed by atoms with Crippen LogP contribution in [0.25, 0.3) is 0 Å². The second-order valence-corrected chi connectivity index (χ2v) is 6.97. The predicted molar refractivity (Wildman–Crippen MR) is 104 cm³/mol. The van der Waals surface area contributed by atoms with E-state index in [1.165, 1.54) is 5.56 Å². The van der Waals surface area contributed by atoms with E-state index in [0.29, 0.717) is 18.8 Å². The Morgan fingerprint density at radius 3 is 2.42 bits per heavy atom. The standard InChI is InChI=1S/C21H20BrNO3/c1-16-4-6-17(7-5-16)13-23(14-20-3-2-12-25-20)21(24)15-26-19-10-8-18(22)9-11-19/h2-12H,13-15H2,1H3. The Morgan fingerprint density at radius 2 is 1.77 bits per heavy atom. The van der Waals surface area contributed by atoms with Gasteiger partial charge in [-0.05, 0) is 48.9 Å². The molecule has 134 valence electrons. The van der Waals surface area contributed by atoms with Crippen molar-refractivity contribution in [3.05, 3.63) is 88.3 Å². The van der Waals surface area contributed by atoms with Crippen molar-refractivity contribution in [1.29, 1.82) is 0 Å². The second kappa shape index (κ2) is 8.72. The summed E-state index contributed by atoms with van der Waals surface area (Å²) in [6, 6.07) is 19.3. The van der Waals surface area contributed by atoms with E-state index in [0.717, 1.165) is 15.8 Å². The molecule has 0 bridgehead atoms. The van der Waals surface area contributed by atoms with Crippen molar-refractivity contribution in [1.82, 2.24) is 4.90 Å². The van der Waals surface area contributed by atoms with Crippen LogP contribution in [-0.4, -0.2) is 17.4 Å². The quantitative estimate of drug-likeness (QED) is 0.549. The highest BCUT2D eigenvalue weighted by Gasteiger charge is 2.17. The van der Waals surface area contributed by atoms with Gasteiger partial charge in [-0.25, -0.2) is 0 Å². The molecule has 26 heavy (non-hydrogen) atoms. The Balaban J connectivity index is 1.67. The molecule has 0 atom stereocenters. The van der Waals surface area contributed by atoms with E-state index >= 15 is 0 Å². The number of carbonyl (C=O) groups excluding carboxylic acids is 1. The monoisotopic (exact) mass is 413 g/mol. The first-order valence-corrected chi connectivity index (χ1v) is 9.13. The van der Waals surface area contributed by atoms with E-state index in [2.05, 4.69) is 15.9 Å². The van der Waals surface area contributed by atoms with Crippen LogP contribution in [0.5, 0.6) is 5.75 Å². The summed E-state index contributed by atoms with van der Waals surface area (Å²) < 4.78 is 12.0. The third-order valence-corrected chi connectivity index (χ3v) is 4.48. The van der Waals surface area contributed by atoms with Gasteiger partial charge in [-0.1, -0.05) is 45.8 Å². The number of ether oxygens (including phenoxy) is 1. The maximum absolute atomic E-state index is 12.7. The molecule has 5 heteroatoms. The molecule has 0 fully saturated rings. The van der Waals surface area contributed by atoms with Gasteiger partial charge in [0, 0.05) is 11.0 Å². The molecule has 1 heterocycles. The molecule has 1 amide bonds. The summed E-state index contributed by atoms with van der Waals surface area (Å²) in [6.07, 6.45) is 1.61. The fourth-order valence-electron chi connectivity index (χ4n) is 2.50. The molecule has 0 saturated carbocycles. The Morgan fingerprint density at radius 1 is 1.04 bits per heavy atom. The number of rotatable bonds is 7. The van der Waals surface area contributed by atoms with Crippen LogP contribution in [0.2, 0.25) is 0 Å². The molecular weight excluding hydrogens is 394 g/mol. The Hall–Kier alpha value is -2.53. The molecule has 0 aliphatic heterocycles. The summed E-state index contributed by atoms with van der Waals surface area (Å²) in [7, 11) is 0. The van der Waals surface area contributed by atoms with Gasteiger partial charge in [0.05, 0.1) is 12.8 Å². The average Bonchev–Trinajstić information content (AvgIpc) is 3.15. The molecule has 0 radical (unpaired) electrons. The summed E-state index contributed by atoms with van der Waals surface area (Å²) in [5, 5.41) is 0. The lowest BCUT2D eigenvalue weighted by Gasteiger charge is -2.22. The van der Waals surface area contributed by atoms with Gasteiger partial charge in [0.15, 0.2) is 6.61 Å². The third-order valence-electron chi connectivity index (χ3n) is 3.95. The Kier molecular flexibility index (Phi) is 6.12. The summed E-state index contributed by atoms with van der Waals surface area (Å²) in [4.78, 5) is 14.5. The van der Waals surface area contributed by atoms with Crippen molar-refractivity contribution in [2.75, 3.05) is 6.61 Å². The SMILES string of the molecule is Cc1ccc(CN(Cc2ccco2)C(=O)COc2ccc(Br)cc2)cc1. The molecule has 0 saturated heterocycles. The molecule has 4 nitrogen and oxygen atoms in total. The maximum Gasteiger partial charge on any atom is 0.261 e. The fourth-order valence-corrected chi connectivity index (χ4v) is 2.77. The van der Waals surface area contributed by atoms with Gasteiger partial charge in [-0.15, -0.1) is 0 Å². The van der Waals surface area contributed by atoms with E-state index in [9.17, 15) is 4.79 Å². The third kappa shape index (κ3) is 5.23. The molecule has 0 unspecified atom stereocenters. The largest absolute Gasteiger partial charge is 0.484 e. The molecule has 0 aliphatic rings. The molecule has 0 N–H and O–H groups in total. The van der Waals surface area contributed by atoms with Gasteiger partial charge in [0.1, 0.15) is 11.5 Å². The first-order valence-electron chi connectivity index (χ1n) is 8.34. The van der Waals surface area contributed by atoms with Crippen LogP contribution in [0.3, 0.4) is 0 Å². The zero-order valence-electron chi connectivity index (χ0n) is 14.5. The van der Waals surface area contributed by atoms with Crippen molar-refractivity contribution in [3.63, 3.8) is 0 Å². The lowest BCUT2D eigenvalue weighted by Crippen LogP contribution is -2.34. The van der Waals surface area contributed by atoms with Crippen LogP contribution in [0, 0.1) is 6.92 Å². The van der Waals surface area contributed by atoms with Crippen LogP contribution in [0.1, 0.15) is 16.9 Å². The van der Waals surface area contributed by atoms with Crippen LogP contribution >= 0.6 is 15.9 Å².